The molecule has 15 heavy (non-hydrogen) atoms. The molecule has 0 amide bonds. The molecule has 0 radical (unpaired) electrons. The maximum absolute atomic E-state index is 10.7. The average molecular weight is 207 g/mol. The Morgan fingerprint density at radius 2 is 2.13 bits per heavy atom. The summed E-state index contributed by atoms with van der Waals surface area (Å²) in [5, 5.41) is 8.81. The summed E-state index contributed by atoms with van der Waals surface area (Å²) >= 11 is 0. The molecule has 0 aromatic heterocycles. The van der Waals surface area contributed by atoms with Crippen molar-refractivity contribution >= 4 is 5.97 Å². The fourth-order valence-corrected chi connectivity index (χ4v) is 1.46. The highest BCUT2D eigenvalue weighted by Gasteiger charge is 2.02. The van der Waals surface area contributed by atoms with Crippen LogP contribution in [-0.2, 0) is 6.42 Å². The molecule has 0 aliphatic rings. The molecule has 0 saturated heterocycles. The van der Waals surface area contributed by atoms with Crippen LogP contribution in [0.3, 0.4) is 0 Å². The highest BCUT2D eigenvalue weighted by atomic mass is 16.4. The summed E-state index contributed by atoms with van der Waals surface area (Å²) in [5.41, 5.74) is 1.47. The van der Waals surface area contributed by atoms with E-state index in [2.05, 4.69) is 4.90 Å². The molecular formula is C12H17NO2. The Morgan fingerprint density at radius 1 is 1.40 bits per heavy atom. The van der Waals surface area contributed by atoms with Gasteiger partial charge in [0.25, 0.3) is 0 Å². The van der Waals surface area contributed by atoms with Crippen LogP contribution in [0.5, 0.6) is 0 Å². The molecule has 0 aliphatic heterocycles. The summed E-state index contributed by atoms with van der Waals surface area (Å²) in [4.78, 5) is 12.9. The lowest BCUT2D eigenvalue weighted by Crippen LogP contribution is -2.13. The molecule has 0 bridgehead atoms. The minimum absolute atomic E-state index is 0.373. The first-order valence-corrected chi connectivity index (χ1v) is 5.06. The second-order valence-electron chi connectivity index (χ2n) is 3.91. The third kappa shape index (κ3) is 4.13. The van der Waals surface area contributed by atoms with Crippen molar-refractivity contribution in [2.24, 2.45) is 0 Å². The summed E-state index contributed by atoms with van der Waals surface area (Å²) in [5.74, 6) is -0.857. The van der Waals surface area contributed by atoms with E-state index in [4.69, 9.17) is 5.11 Å². The van der Waals surface area contributed by atoms with Crippen LogP contribution in [-0.4, -0.2) is 36.6 Å². The summed E-state index contributed by atoms with van der Waals surface area (Å²) in [6.45, 7) is 1.03. The van der Waals surface area contributed by atoms with Gasteiger partial charge in [-0.25, -0.2) is 4.79 Å². The van der Waals surface area contributed by atoms with E-state index in [1.54, 1.807) is 18.2 Å². The van der Waals surface area contributed by atoms with Crippen LogP contribution in [0.25, 0.3) is 0 Å². The van der Waals surface area contributed by atoms with Crippen molar-refractivity contribution in [3.8, 4) is 0 Å². The number of nitrogens with zero attached hydrogens (tertiary/aromatic N) is 1. The van der Waals surface area contributed by atoms with E-state index in [-0.39, 0.29) is 0 Å². The Bertz CT molecular complexity index is 334. The van der Waals surface area contributed by atoms with E-state index in [9.17, 15) is 4.79 Å². The number of aryl methyl sites for hydroxylation is 1. The molecule has 1 aromatic carbocycles. The molecule has 1 aromatic rings. The number of carboxylic acids is 1. The quantitative estimate of drug-likeness (QED) is 0.801. The molecule has 3 nitrogen and oxygen atoms in total. The smallest absolute Gasteiger partial charge is 0.335 e. The highest BCUT2D eigenvalue weighted by molar-refractivity contribution is 5.87. The van der Waals surface area contributed by atoms with E-state index < -0.39 is 5.97 Å². The molecule has 1 N–H and O–H groups in total. The molecule has 1 rings (SSSR count). The zero-order valence-corrected chi connectivity index (χ0v) is 9.23. The second kappa shape index (κ2) is 5.51. The fraction of sp³-hybridized carbons (Fsp3) is 0.417. The fourth-order valence-electron chi connectivity index (χ4n) is 1.46. The molecule has 0 heterocycles. The van der Waals surface area contributed by atoms with Crippen molar-refractivity contribution in [2.75, 3.05) is 20.6 Å². The Hall–Kier alpha value is -1.35. The second-order valence-corrected chi connectivity index (χ2v) is 3.91. The van der Waals surface area contributed by atoms with Crippen LogP contribution >= 0.6 is 0 Å². The lowest BCUT2D eigenvalue weighted by molar-refractivity contribution is 0.0697. The molecular weight excluding hydrogens is 190 g/mol. The Morgan fingerprint density at radius 3 is 2.73 bits per heavy atom. The molecule has 0 fully saturated rings. The van der Waals surface area contributed by atoms with E-state index in [1.807, 2.05) is 20.2 Å². The van der Waals surface area contributed by atoms with E-state index in [0.717, 1.165) is 24.9 Å². The number of carboxylic acid groups (broad SMARTS) is 1. The van der Waals surface area contributed by atoms with E-state index in [0.29, 0.717) is 5.56 Å². The van der Waals surface area contributed by atoms with Crippen LogP contribution in [0.2, 0.25) is 0 Å². The van der Waals surface area contributed by atoms with Gasteiger partial charge in [0.05, 0.1) is 5.56 Å². The minimum atomic E-state index is -0.857. The van der Waals surface area contributed by atoms with Gasteiger partial charge in [-0.15, -0.1) is 0 Å². The lowest BCUT2D eigenvalue weighted by Gasteiger charge is -2.09. The van der Waals surface area contributed by atoms with Gasteiger partial charge in [-0.1, -0.05) is 12.1 Å². The van der Waals surface area contributed by atoms with Gasteiger partial charge in [-0.05, 0) is 51.2 Å². The topological polar surface area (TPSA) is 40.5 Å². The first kappa shape index (κ1) is 11.7. The number of aromatic carboxylic acids is 1. The van der Waals surface area contributed by atoms with Crippen molar-refractivity contribution < 1.29 is 9.90 Å². The Labute approximate surface area is 90.3 Å². The summed E-state index contributed by atoms with van der Waals surface area (Å²) < 4.78 is 0. The third-order valence-corrected chi connectivity index (χ3v) is 2.24. The average Bonchev–Trinajstić information content (AvgIpc) is 2.17. The monoisotopic (exact) mass is 207 g/mol. The van der Waals surface area contributed by atoms with Gasteiger partial charge in [0.1, 0.15) is 0 Å². The van der Waals surface area contributed by atoms with Crippen LogP contribution in [0.15, 0.2) is 24.3 Å². The van der Waals surface area contributed by atoms with Crippen molar-refractivity contribution in [3.63, 3.8) is 0 Å². The van der Waals surface area contributed by atoms with Crippen molar-refractivity contribution in [1.82, 2.24) is 4.90 Å². The highest BCUT2D eigenvalue weighted by Crippen LogP contribution is 2.07. The standard InChI is InChI=1S/C12H17NO2/c1-13(2)8-4-6-10-5-3-7-11(9-10)12(14)15/h3,5,7,9H,4,6,8H2,1-2H3,(H,14,15). The van der Waals surface area contributed by atoms with Crippen LogP contribution in [0, 0.1) is 0 Å². The van der Waals surface area contributed by atoms with Crippen LogP contribution in [0.4, 0.5) is 0 Å². The van der Waals surface area contributed by atoms with Gasteiger partial charge in [-0.3, -0.25) is 0 Å². The summed E-state index contributed by atoms with van der Waals surface area (Å²) in [7, 11) is 4.07. The number of rotatable bonds is 5. The first-order valence-electron chi connectivity index (χ1n) is 5.06. The number of carbonyl (C=O) groups is 1. The number of benzene rings is 1. The maximum Gasteiger partial charge on any atom is 0.335 e. The largest absolute Gasteiger partial charge is 0.478 e. The molecule has 0 unspecified atom stereocenters. The molecule has 3 heteroatoms. The van der Waals surface area contributed by atoms with Crippen LogP contribution < -0.4 is 0 Å². The van der Waals surface area contributed by atoms with Crippen molar-refractivity contribution in [1.29, 1.82) is 0 Å². The normalized spacial score (nSPS) is 10.6. The van der Waals surface area contributed by atoms with Crippen molar-refractivity contribution in [2.45, 2.75) is 12.8 Å². The van der Waals surface area contributed by atoms with Gasteiger partial charge in [-0.2, -0.15) is 0 Å². The third-order valence-electron chi connectivity index (χ3n) is 2.24. The van der Waals surface area contributed by atoms with Gasteiger partial charge in [0, 0.05) is 0 Å². The van der Waals surface area contributed by atoms with Gasteiger partial charge >= 0.3 is 5.97 Å². The van der Waals surface area contributed by atoms with E-state index in [1.165, 1.54) is 0 Å². The van der Waals surface area contributed by atoms with Gasteiger partial charge in [0.15, 0.2) is 0 Å². The Kier molecular flexibility index (Phi) is 4.31. The first-order chi connectivity index (χ1) is 7.09. The van der Waals surface area contributed by atoms with E-state index >= 15 is 0 Å². The van der Waals surface area contributed by atoms with Gasteiger partial charge in [0.2, 0.25) is 0 Å². The molecule has 0 aliphatic carbocycles. The van der Waals surface area contributed by atoms with Crippen molar-refractivity contribution in [3.05, 3.63) is 35.4 Å². The predicted molar refractivity (Wildman–Crippen MR) is 60.3 cm³/mol. The zero-order valence-electron chi connectivity index (χ0n) is 9.23. The SMILES string of the molecule is CN(C)CCCc1cccc(C(=O)O)c1. The van der Waals surface area contributed by atoms with Gasteiger partial charge < -0.3 is 10.0 Å². The number of hydrogen-bond donors (Lipinski definition) is 1. The minimum Gasteiger partial charge on any atom is -0.478 e. The van der Waals surface area contributed by atoms with Crippen LogP contribution in [0.1, 0.15) is 22.3 Å². The zero-order chi connectivity index (χ0) is 11.3. The molecule has 82 valence electrons. The Balaban J connectivity index is 2.54. The number of hydrogen-bond acceptors (Lipinski definition) is 2. The maximum atomic E-state index is 10.7. The summed E-state index contributed by atoms with van der Waals surface area (Å²) in [6, 6.07) is 7.15. The summed E-state index contributed by atoms with van der Waals surface area (Å²) in [6.07, 6.45) is 1.98. The molecule has 0 saturated carbocycles. The predicted octanol–water partition coefficient (Wildman–Crippen LogP) is 1.88. The molecule has 0 atom stereocenters. The lowest BCUT2D eigenvalue weighted by atomic mass is 10.1. The molecule has 0 spiro atoms.